The van der Waals surface area contributed by atoms with Gasteiger partial charge in [-0.15, -0.1) is 0 Å². The summed E-state index contributed by atoms with van der Waals surface area (Å²) in [7, 11) is 1.58. The van der Waals surface area contributed by atoms with Crippen molar-refractivity contribution in [3.05, 3.63) is 54.0 Å². The highest BCUT2D eigenvalue weighted by Gasteiger charge is 2.19. The van der Waals surface area contributed by atoms with Crippen molar-refractivity contribution in [1.29, 1.82) is 0 Å². The number of amides is 2. The summed E-state index contributed by atoms with van der Waals surface area (Å²) >= 11 is 1.06. The zero-order valence-electron chi connectivity index (χ0n) is 17.3. The van der Waals surface area contributed by atoms with Crippen LogP contribution in [0.3, 0.4) is 0 Å². The first-order valence-electron chi connectivity index (χ1n) is 9.56. The number of carbonyl (C=O) groups is 2. The summed E-state index contributed by atoms with van der Waals surface area (Å²) in [4.78, 5) is 32.7. The number of halogens is 2. The molecular formula is C21H21F2N5O3S. The first kappa shape index (κ1) is 23.1. The van der Waals surface area contributed by atoms with Gasteiger partial charge in [0.25, 0.3) is 0 Å². The quantitative estimate of drug-likeness (QED) is 0.472. The smallest absolute Gasteiger partial charge is 0.320 e. The number of methoxy groups -OCH3 is 1. The molecular weight excluding hydrogens is 440 g/mol. The van der Waals surface area contributed by atoms with Gasteiger partial charge in [-0.3, -0.25) is 14.2 Å². The fraction of sp³-hybridized carbons (Fsp3) is 0.238. The number of aromatic nitrogens is 3. The molecule has 3 aromatic rings. The number of hydrogen-bond acceptors (Lipinski definition) is 6. The Labute approximate surface area is 187 Å². The third kappa shape index (κ3) is 5.97. The molecule has 0 aliphatic carbocycles. The highest BCUT2D eigenvalue weighted by molar-refractivity contribution is 7.19. The highest BCUT2D eigenvalue weighted by Crippen LogP contribution is 2.33. The largest absolute Gasteiger partial charge is 0.497 e. The molecule has 168 valence electrons. The maximum atomic E-state index is 13.1. The standard InChI is InChI=1S/C21H21F2N5O3S/c1-13-18(19-25-11-12-28(19)20(22)23)32-21(26-13)27-17(30)9-10-24-16(29)8-5-14-3-6-15(31-2)7-4-14/h3-8,11-12,20H,9-10H2,1-2H3,(H,24,29)(H,26,27,30)/b8-5+. The number of anilines is 1. The minimum absolute atomic E-state index is 0.0295. The number of hydrogen-bond donors (Lipinski definition) is 2. The summed E-state index contributed by atoms with van der Waals surface area (Å²) in [6.45, 7) is -0.944. The number of ether oxygens (including phenoxy) is 1. The van der Waals surface area contributed by atoms with E-state index < -0.39 is 6.55 Å². The molecule has 1 aromatic carbocycles. The molecule has 0 saturated heterocycles. The average molecular weight is 461 g/mol. The van der Waals surface area contributed by atoms with Gasteiger partial charge >= 0.3 is 6.55 Å². The lowest BCUT2D eigenvalue weighted by atomic mass is 10.2. The van der Waals surface area contributed by atoms with Crippen LogP contribution in [-0.4, -0.2) is 40.0 Å². The van der Waals surface area contributed by atoms with Crippen molar-refractivity contribution in [3.63, 3.8) is 0 Å². The Morgan fingerprint density at radius 3 is 2.72 bits per heavy atom. The number of imidazole rings is 1. The van der Waals surface area contributed by atoms with Gasteiger partial charge in [0.05, 0.1) is 17.7 Å². The van der Waals surface area contributed by atoms with E-state index in [9.17, 15) is 18.4 Å². The van der Waals surface area contributed by atoms with Crippen LogP contribution in [0.5, 0.6) is 5.75 Å². The lowest BCUT2D eigenvalue weighted by molar-refractivity contribution is -0.117. The predicted octanol–water partition coefficient (Wildman–Crippen LogP) is 3.88. The minimum atomic E-state index is -2.73. The molecule has 2 amide bonds. The Hall–Kier alpha value is -3.60. The molecule has 2 aromatic heterocycles. The van der Waals surface area contributed by atoms with E-state index in [0.29, 0.717) is 10.6 Å². The van der Waals surface area contributed by atoms with E-state index in [-0.39, 0.29) is 35.7 Å². The zero-order valence-corrected chi connectivity index (χ0v) is 18.2. The topological polar surface area (TPSA) is 98.1 Å². The van der Waals surface area contributed by atoms with Crippen molar-refractivity contribution >= 4 is 34.4 Å². The van der Waals surface area contributed by atoms with Gasteiger partial charge < -0.3 is 15.4 Å². The fourth-order valence-electron chi connectivity index (χ4n) is 2.73. The fourth-order valence-corrected chi connectivity index (χ4v) is 3.71. The van der Waals surface area contributed by atoms with Crippen molar-refractivity contribution in [2.75, 3.05) is 19.0 Å². The minimum Gasteiger partial charge on any atom is -0.497 e. The second kappa shape index (κ2) is 10.6. The van der Waals surface area contributed by atoms with Crippen LogP contribution in [0, 0.1) is 6.92 Å². The van der Waals surface area contributed by atoms with Crippen LogP contribution >= 0.6 is 11.3 Å². The number of thiazole rings is 1. The molecule has 0 spiro atoms. The summed E-state index contributed by atoms with van der Waals surface area (Å²) in [5, 5.41) is 5.52. The van der Waals surface area contributed by atoms with Gasteiger partial charge in [0.2, 0.25) is 11.8 Å². The van der Waals surface area contributed by atoms with Crippen molar-refractivity contribution in [1.82, 2.24) is 19.9 Å². The summed E-state index contributed by atoms with van der Waals surface area (Å²) in [6, 6.07) is 7.20. The van der Waals surface area contributed by atoms with E-state index in [0.717, 1.165) is 27.2 Å². The van der Waals surface area contributed by atoms with E-state index in [2.05, 4.69) is 20.6 Å². The van der Waals surface area contributed by atoms with Gasteiger partial charge in [-0.25, -0.2) is 9.97 Å². The van der Waals surface area contributed by atoms with Crippen LogP contribution in [-0.2, 0) is 9.59 Å². The van der Waals surface area contributed by atoms with Crippen LogP contribution in [0.15, 0.2) is 42.7 Å². The molecule has 0 aliphatic heterocycles. The Morgan fingerprint density at radius 2 is 2.03 bits per heavy atom. The monoisotopic (exact) mass is 461 g/mol. The Bertz CT molecular complexity index is 1110. The summed E-state index contributed by atoms with van der Waals surface area (Å²) in [5.74, 6) is 0.118. The second-order valence-electron chi connectivity index (χ2n) is 6.57. The van der Waals surface area contributed by atoms with E-state index in [1.807, 2.05) is 12.1 Å². The van der Waals surface area contributed by atoms with Crippen LogP contribution in [0.4, 0.5) is 13.9 Å². The maximum absolute atomic E-state index is 13.1. The van der Waals surface area contributed by atoms with Gasteiger partial charge in [0.1, 0.15) is 5.75 Å². The van der Waals surface area contributed by atoms with Gasteiger partial charge in [-0.05, 0) is 30.7 Å². The maximum Gasteiger partial charge on any atom is 0.320 e. The van der Waals surface area contributed by atoms with Crippen LogP contribution in [0.2, 0.25) is 0 Å². The molecule has 0 atom stereocenters. The Balaban J connectivity index is 1.48. The number of nitrogens with one attached hydrogen (secondary N) is 2. The SMILES string of the molecule is COc1ccc(/C=C/C(=O)NCCC(=O)Nc2nc(C)c(-c3nccn3C(F)F)s2)cc1. The van der Waals surface area contributed by atoms with Crippen molar-refractivity contribution in [2.24, 2.45) is 0 Å². The first-order chi connectivity index (χ1) is 15.4. The highest BCUT2D eigenvalue weighted by atomic mass is 32.1. The van der Waals surface area contributed by atoms with Crippen molar-refractivity contribution in [2.45, 2.75) is 19.9 Å². The van der Waals surface area contributed by atoms with Crippen LogP contribution in [0.25, 0.3) is 16.8 Å². The summed E-state index contributed by atoms with van der Waals surface area (Å²) in [6.07, 6.45) is 5.52. The molecule has 2 N–H and O–H groups in total. The molecule has 3 rings (SSSR count). The summed E-state index contributed by atoms with van der Waals surface area (Å²) in [5.41, 5.74) is 1.32. The van der Waals surface area contributed by atoms with E-state index in [1.54, 1.807) is 32.2 Å². The second-order valence-corrected chi connectivity index (χ2v) is 7.56. The molecule has 2 heterocycles. The van der Waals surface area contributed by atoms with Gasteiger partial charge in [0.15, 0.2) is 11.0 Å². The third-order valence-electron chi connectivity index (χ3n) is 4.32. The Morgan fingerprint density at radius 1 is 1.28 bits per heavy atom. The van der Waals surface area contributed by atoms with E-state index in [4.69, 9.17) is 4.74 Å². The first-order valence-corrected chi connectivity index (χ1v) is 10.4. The number of alkyl halides is 2. The number of aryl methyl sites for hydroxylation is 1. The van der Waals surface area contributed by atoms with Crippen molar-refractivity contribution < 1.29 is 23.1 Å². The molecule has 11 heteroatoms. The number of benzene rings is 1. The van der Waals surface area contributed by atoms with E-state index in [1.165, 1.54) is 18.5 Å². The number of rotatable bonds is 9. The van der Waals surface area contributed by atoms with Crippen LogP contribution < -0.4 is 15.4 Å². The number of nitrogens with zero attached hydrogens (tertiary/aromatic N) is 3. The normalized spacial score (nSPS) is 11.2. The van der Waals surface area contributed by atoms with Gasteiger partial charge in [-0.1, -0.05) is 23.5 Å². The molecule has 0 bridgehead atoms. The average Bonchev–Trinajstić information content (AvgIpc) is 3.39. The molecule has 8 nitrogen and oxygen atoms in total. The predicted molar refractivity (Wildman–Crippen MR) is 118 cm³/mol. The van der Waals surface area contributed by atoms with Gasteiger partial charge in [-0.2, -0.15) is 8.78 Å². The molecule has 0 unspecified atom stereocenters. The molecule has 0 saturated carbocycles. The lowest BCUT2D eigenvalue weighted by Crippen LogP contribution is -2.26. The molecule has 32 heavy (non-hydrogen) atoms. The molecule has 0 aliphatic rings. The summed E-state index contributed by atoms with van der Waals surface area (Å²) < 4.78 is 32.0. The van der Waals surface area contributed by atoms with Crippen LogP contribution in [0.1, 0.15) is 24.2 Å². The molecule has 0 fully saturated rings. The Kier molecular flexibility index (Phi) is 7.66. The number of carbonyl (C=O) groups excluding carboxylic acids is 2. The third-order valence-corrected chi connectivity index (χ3v) is 5.39. The molecule has 0 radical (unpaired) electrons. The van der Waals surface area contributed by atoms with Gasteiger partial charge in [0, 0.05) is 31.4 Å². The van der Waals surface area contributed by atoms with E-state index >= 15 is 0 Å². The van der Waals surface area contributed by atoms with Crippen molar-refractivity contribution in [3.8, 4) is 16.5 Å². The zero-order chi connectivity index (χ0) is 23.1. The lowest BCUT2D eigenvalue weighted by Gasteiger charge is -2.04.